The van der Waals surface area contributed by atoms with Gasteiger partial charge in [-0.25, -0.2) is 9.97 Å². The molecule has 6 nitrogen and oxygen atoms in total. The third-order valence-corrected chi connectivity index (χ3v) is 5.48. The Hall–Kier alpha value is -2.82. The second kappa shape index (κ2) is 7.82. The van der Waals surface area contributed by atoms with E-state index in [9.17, 15) is 0 Å². The van der Waals surface area contributed by atoms with Crippen LogP contribution in [0.5, 0.6) is 0 Å². The Bertz CT molecular complexity index is 959. The number of anilines is 2. The first-order chi connectivity index (χ1) is 13.2. The van der Waals surface area contributed by atoms with Crippen LogP contribution in [-0.4, -0.2) is 26.4 Å². The van der Waals surface area contributed by atoms with Gasteiger partial charge in [0, 0.05) is 12.7 Å². The maximum atomic E-state index is 8.94. The highest BCUT2D eigenvalue weighted by atomic mass is 32.1. The molecule has 3 aromatic rings. The van der Waals surface area contributed by atoms with Gasteiger partial charge in [-0.2, -0.15) is 5.26 Å². The van der Waals surface area contributed by atoms with Crippen molar-refractivity contribution in [2.24, 2.45) is 0 Å². The van der Waals surface area contributed by atoms with E-state index >= 15 is 0 Å². The summed E-state index contributed by atoms with van der Waals surface area (Å²) < 4.78 is 0. The van der Waals surface area contributed by atoms with Crippen LogP contribution in [0.25, 0.3) is 0 Å². The van der Waals surface area contributed by atoms with Gasteiger partial charge in [0.25, 0.3) is 0 Å². The summed E-state index contributed by atoms with van der Waals surface area (Å²) in [5, 5.41) is 12.8. The van der Waals surface area contributed by atoms with Gasteiger partial charge in [-0.05, 0) is 50.1 Å². The Morgan fingerprint density at radius 3 is 2.96 bits per heavy atom. The second-order valence-electron chi connectivity index (χ2n) is 6.67. The first kappa shape index (κ1) is 17.6. The average Bonchev–Trinajstić information content (AvgIpc) is 3.33. The molecular weight excluding hydrogens is 356 g/mol. The third kappa shape index (κ3) is 4.13. The number of aryl methyl sites for hydroxylation is 1. The maximum absolute atomic E-state index is 8.94. The van der Waals surface area contributed by atoms with E-state index in [0.29, 0.717) is 16.1 Å². The summed E-state index contributed by atoms with van der Waals surface area (Å²) in [6.45, 7) is 3.94. The van der Waals surface area contributed by atoms with Crippen LogP contribution < -0.4 is 5.32 Å². The number of nitrogens with one attached hydrogen (secondary N) is 1. The fourth-order valence-corrected chi connectivity index (χ4v) is 3.97. The van der Waals surface area contributed by atoms with Crippen molar-refractivity contribution in [1.29, 1.82) is 5.26 Å². The largest absolute Gasteiger partial charge is 0.316 e. The van der Waals surface area contributed by atoms with Crippen molar-refractivity contribution < 1.29 is 0 Å². The Morgan fingerprint density at radius 1 is 1.26 bits per heavy atom. The fraction of sp³-hybridized carbons (Fsp3) is 0.300. The molecule has 1 saturated heterocycles. The number of thiazole rings is 1. The molecule has 0 bridgehead atoms. The minimum Gasteiger partial charge on any atom is -0.316 e. The zero-order valence-corrected chi connectivity index (χ0v) is 15.9. The molecule has 3 aromatic heterocycles. The van der Waals surface area contributed by atoms with Crippen molar-refractivity contribution >= 4 is 22.3 Å². The highest BCUT2D eigenvalue weighted by Gasteiger charge is 2.27. The number of pyridine rings is 2. The maximum Gasteiger partial charge on any atom is 0.189 e. The molecule has 27 heavy (non-hydrogen) atoms. The van der Waals surface area contributed by atoms with Crippen LogP contribution in [-0.2, 0) is 6.54 Å². The normalized spacial score (nSPS) is 17.0. The van der Waals surface area contributed by atoms with Crippen molar-refractivity contribution in [1.82, 2.24) is 19.9 Å². The average molecular weight is 376 g/mol. The van der Waals surface area contributed by atoms with Gasteiger partial charge in [-0.15, -0.1) is 0 Å². The van der Waals surface area contributed by atoms with E-state index in [2.05, 4.69) is 51.4 Å². The number of rotatable bonds is 5. The van der Waals surface area contributed by atoms with Crippen LogP contribution in [0, 0.1) is 18.3 Å². The Labute approximate surface area is 162 Å². The molecule has 136 valence electrons. The molecule has 1 atom stereocenters. The minimum atomic E-state index is 0.292. The fourth-order valence-electron chi connectivity index (χ4n) is 3.35. The number of nitrogens with zero attached hydrogens (tertiary/aromatic N) is 5. The number of hydrogen-bond donors (Lipinski definition) is 1. The topological polar surface area (TPSA) is 77.7 Å². The van der Waals surface area contributed by atoms with Crippen molar-refractivity contribution in [3.8, 4) is 6.07 Å². The van der Waals surface area contributed by atoms with Gasteiger partial charge in [-0.1, -0.05) is 23.5 Å². The summed E-state index contributed by atoms with van der Waals surface area (Å²) >= 11 is 1.33. The SMILES string of the molecule is Cc1ccc(CN2CCCC2c2cccc(Nc3ncc(C#N)s3)n2)nc1. The molecule has 0 radical (unpaired) electrons. The van der Waals surface area contributed by atoms with E-state index < -0.39 is 0 Å². The van der Waals surface area contributed by atoms with Crippen LogP contribution in [0.1, 0.15) is 40.7 Å². The predicted octanol–water partition coefficient (Wildman–Crippen LogP) is 4.19. The van der Waals surface area contributed by atoms with Crippen LogP contribution in [0.15, 0.2) is 42.7 Å². The van der Waals surface area contributed by atoms with E-state index in [1.807, 2.05) is 18.3 Å². The summed E-state index contributed by atoms with van der Waals surface area (Å²) in [7, 11) is 0. The molecular formula is C20H20N6S. The highest BCUT2D eigenvalue weighted by Crippen LogP contribution is 2.33. The number of aromatic nitrogens is 3. The molecule has 7 heteroatoms. The number of hydrogen-bond acceptors (Lipinski definition) is 7. The quantitative estimate of drug-likeness (QED) is 0.719. The second-order valence-corrected chi connectivity index (χ2v) is 7.70. The lowest BCUT2D eigenvalue weighted by Crippen LogP contribution is -2.24. The van der Waals surface area contributed by atoms with Crippen LogP contribution in [0.2, 0.25) is 0 Å². The van der Waals surface area contributed by atoms with Crippen molar-refractivity contribution in [2.45, 2.75) is 32.4 Å². The molecule has 0 amide bonds. The van der Waals surface area contributed by atoms with E-state index in [4.69, 9.17) is 10.2 Å². The van der Waals surface area contributed by atoms with Gasteiger partial charge in [0.05, 0.1) is 23.6 Å². The van der Waals surface area contributed by atoms with Crippen molar-refractivity contribution in [2.75, 3.05) is 11.9 Å². The van der Waals surface area contributed by atoms with Gasteiger partial charge >= 0.3 is 0 Å². The number of likely N-dealkylation sites (tertiary alicyclic amines) is 1. The predicted molar refractivity (Wildman–Crippen MR) is 106 cm³/mol. The Kier molecular flexibility index (Phi) is 5.10. The van der Waals surface area contributed by atoms with Crippen LogP contribution in [0.4, 0.5) is 10.9 Å². The molecule has 4 rings (SSSR count). The standard InChI is InChI=1S/C20H20N6S/c1-14-7-8-15(22-11-14)13-26-9-3-5-18(26)17-4-2-6-19(24-17)25-20-23-12-16(10-21)27-20/h2,4,6-8,11-12,18H,3,5,9,13H2,1H3,(H,23,24,25). The Balaban J connectivity index is 1.49. The van der Waals surface area contributed by atoms with Gasteiger partial charge < -0.3 is 5.32 Å². The summed E-state index contributed by atoms with van der Waals surface area (Å²) in [6.07, 6.45) is 5.75. The van der Waals surface area contributed by atoms with E-state index in [1.165, 1.54) is 16.9 Å². The summed E-state index contributed by atoms with van der Waals surface area (Å²) in [5.74, 6) is 0.756. The van der Waals surface area contributed by atoms with Crippen molar-refractivity contribution in [3.63, 3.8) is 0 Å². The Morgan fingerprint density at radius 2 is 2.19 bits per heavy atom. The molecule has 0 spiro atoms. The first-order valence-electron chi connectivity index (χ1n) is 8.97. The zero-order valence-electron chi connectivity index (χ0n) is 15.1. The highest BCUT2D eigenvalue weighted by molar-refractivity contribution is 7.16. The summed E-state index contributed by atoms with van der Waals surface area (Å²) in [5.41, 5.74) is 3.33. The lowest BCUT2D eigenvalue weighted by atomic mass is 10.1. The molecule has 1 aliphatic rings. The molecule has 0 aliphatic carbocycles. The monoisotopic (exact) mass is 376 g/mol. The minimum absolute atomic E-state index is 0.292. The molecule has 1 fully saturated rings. The molecule has 1 aliphatic heterocycles. The lowest BCUT2D eigenvalue weighted by Gasteiger charge is -2.24. The number of nitriles is 1. The van der Waals surface area contributed by atoms with E-state index in [1.54, 1.807) is 6.20 Å². The van der Waals surface area contributed by atoms with E-state index in [-0.39, 0.29) is 0 Å². The van der Waals surface area contributed by atoms with Gasteiger partial charge in [0.2, 0.25) is 0 Å². The van der Waals surface area contributed by atoms with Crippen LogP contribution >= 0.6 is 11.3 Å². The molecule has 1 unspecified atom stereocenters. The van der Waals surface area contributed by atoms with E-state index in [0.717, 1.165) is 43.1 Å². The third-order valence-electron chi connectivity index (χ3n) is 4.66. The lowest BCUT2D eigenvalue weighted by molar-refractivity contribution is 0.241. The summed E-state index contributed by atoms with van der Waals surface area (Å²) in [6, 6.07) is 12.6. The van der Waals surface area contributed by atoms with Crippen molar-refractivity contribution in [3.05, 3.63) is 64.6 Å². The van der Waals surface area contributed by atoms with Gasteiger partial charge in [-0.3, -0.25) is 9.88 Å². The summed E-state index contributed by atoms with van der Waals surface area (Å²) in [4.78, 5) is 16.6. The van der Waals surface area contributed by atoms with Crippen LogP contribution in [0.3, 0.4) is 0 Å². The molecule has 1 N–H and O–H groups in total. The first-order valence-corrected chi connectivity index (χ1v) is 9.78. The molecule has 0 saturated carbocycles. The van der Waals surface area contributed by atoms with Gasteiger partial charge in [0.15, 0.2) is 5.13 Å². The smallest absolute Gasteiger partial charge is 0.189 e. The molecule has 4 heterocycles. The molecule has 0 aromatic carbocycles. The zero-order chi connectivity index (χ0) is 18.6. The van der Waals surface area contributed by atoms with Gasteiger partial charge in [0.1, 0.15) is 16.8 Å².